The van der Waals surface area contributed by atoms with Crippen molar-refractivity contribution >= 4 is 27.6 Å². The van der Waals surface area contributed by atoms with Crippen molar-refractivity contribution < 1.29 is 14.2 Å². The van der Waals surface area contributed by atoms with Crippen LogP contribution in [0.1, 0.15) is 11.1 Å². The Labute approximate surface area is 195 Å². The van der Waals surface area contributed by atoms with Crippen molar-refractivity contribution in [2.45, 2.75) is 13.5 Å². The largest absolute Gasteiger partial charge is 0.493 e. The highest BCUT2D eigenvalue weighted by Gasteiger charge is 2.19. The molecule has 172 valence electrons. The Hall–Kier alpha value is -4.46. The fourth-order valence-electron chi connectivity index (χ4n) is 4.04. The molecule has 0 aliphatic carbocycles. The minimum absolute atomic E-state index is 0.247. The van der Waals surface area contributed by atoms with Crippen molar-refractivity contribution in [2.75, 3.05) is 20.0 Å². The van der Waals surface area contributed by atoms with Gasteiger partial charge in [0.2, 0.25) is 0 Å². The van der Waals surface area contributed by atoms with Gasteiger partial charge in [0.1, 0.15) is 29.1 Å². The zero-order valence-corrected chi connectivity index (χ0v) is 19.1. The molecule has 0 atom stereocenters. The third-order valence-electron chi connectivity index (χ3n) is 5.83. The minimum Gasteiger partial charge on any atom is -0.493 e. The molecule has 0 fully saturated rings. The van der Waals surface area contributed by atoms with Crippen LogP contribution >= 0.6 is 0 Å². The Morgan fingerprint density at radius 1 is 1.00 bits per heavy atom. The molecule has 2 heterocycles. The van der Waals surface area contributed by atoms with Crippen molar-refractivity contribution in [3.63, 3.8) is 0 Å². The van der Waals surface area contributed by atoms with Crippen LogP contribution in [0.15, 0.2) is 65.5 Å². The number of hydrogen-bond donors (Lipinski definition) is 2. The zero-order valence-electron chi connectivity index (χ0n) is 19.1. The molecule has 5 rings (SSSR count). The van der Waals surface area contributed by atoms with Gasteiger partial charge < -0.3 is 24.9 Å². The summed E-state index contributed by atoms with van der Waals surface area (Å²) in [6.45, 7) is 2.39. The quantitative estimate of drug-likeness (QED) is 0.394. The van der Waals surface area contributed by atoms with Crippen LogP contribution in [0.3, 0.4) is 0 Å². The standard InChI is InChI=1S/C26H24N4O4/c1-15-9-10-17(34-14-16-7-5-4-6-8-16)11-20(15)30-25(27)23-24(29-30)18-12-21(32-2)22(33-3)13-19(18)28-26(23)31/h4-13H,14,27H2,1-3H3,(H,28,31). The van der Waals surface area contributed by atoms with Crippen LogP contribution in [0.25, 0.3) is 27.5 Å². The van der Waals surface area contributed by atoms with E-state index in [4.69, 9.17) is 25.0 Å². The maximum Gasteiger partial charge on any atom is 0.261 e. The topological polar surface area (TPSA) is 104 Å². The van der Waals surface area contributed by atoms with E-state index in [0.717, 1.165) is 16.8 Å². The number of nitrogens with two attached hydrogens (primary N) is 1. The van der Waals surface area contributed by atoms with Crippen molar-refractivity contribution in [3.05, 3.63) is 82.1 Å². The number of anilines is 1. The summed E-state index contributed by atoms with van der Waals surface area (Å²) in [6.07, 6.45) is 0. The second-order valence-electron chi connectivity index (χ2n) is 7.95. The van der Waals surface area contributed by atoms with Gasteiger partial charge in [-0.05, 0) is 30.2 Å². The maximum absolute atomic E-state index is 12.9. The van der Waals surface area contributed by atoms with Gasteiger partial charge in [-0.1, -0.05) is 36.4 Å². The highest BCUT2D eigenvalue weighted by atomic mass is 16.5. The maximum atomic E-state index is 12.9. The molecule has 3 aromatic carbocycles. The first kappa shape index (κ1) is 21.4. The number of aryl methyl sites for hydroxylation is 1. The minimum atomic E-state index is -0.326. The Bertz CT molecular complexity index is 1570. The van der Waals surface area contributed by atoms with Gasteiger partial charge in [0, 0.05) is 17.5 Å². The Kier molecular flexibility index (Phi) is 5.33. The van der Waals surface area contributed by atoms with Crippen molar-refractivity contribution in [3.8, 4) is 22.9 Å². The molecule has 5 aromatic rings. The van der Waals surface area contributed by atoms with Crippen LogP contribution in [0.4, 0.5) is 5.82 Å². The number of hydrogen-bond acceptors (Lipinski definition) is 6. The lowest BCUT2D eigenvalue weighted by molar-refractivity contribution is 0.306. The van der Waals surface area contributed by atoms with Gasteiger partial charge in [0.25, 0.3) is 5.56 Å². The van der Waals surface area contributed by atoms with E-state index in [2.05, 4.69) is 4.98 Å². The highest BCUT2D eigenvalue weighted by Crippen LogP contribution is 2.35. The SMILES string of the molecule is COc1cc2[nH]c(=O)c3c(N)n(-c4cc(OCc5ccccc5)ccc4C)nc3c2cc1OC. The molecule has 2 aromatic heterocycles. The lowest BCUT2D eigenvalue weighted by Gasteiger charge is -2.12. The highest BCUT2D eigenvalue weighted by molar-refractivity contribution is 6.07. The number of rotatable bonds is 6. The molecular formula is C26H24N4O4. The number of methoxy groups -OCH3 is 2. The number of ether oxygens (including phenoxy) is 3. The van der Waals surface area contributed by atoms with Gasteiger partial charge in [-0.3, -0.25) is 4.79 Å². The summed E-state index contributed by atoms with van der Waals surface area (Å²) >= 11 is 0. The first-order chi connectivity index (χ1) is 16.5. The number of fused-ring (bicyclic) bond motifs is 3. The summed E-state index contributed by atoms with van der Waals surface area (Å²) < 4.78 is 18.4. The molecule has 0 amide bonds. The molecule has 0 radical (unpaired) electrons. The molecule has 0 aliphatic heterocycles. The Morgan fingerprint density at radius 2 is 1.74 bits per heavy atom. The second kappa shape index (κ2) is 8.47. The smallest absolute Gasteiger partial charge is 0.261 e. The fraction of sp³-hybridized carbons (Fsp3) is 0.154. The van der Waals surface area contributed by atoms with Crippen molar-refractivity contribution in [2.24, 2.45) is 0 Å². The number of pyridine rings is 1. The van der Waals surface area contributed by atoms with Crippen LogP contribution in [0.5, 0.6) is 17.2 Å². The Balaban J connectivity index is 1.64. The fourth-order valence-corrected chi connectivity index (χ4v) is 4.04. The van der Waals surface area contributed by atoms with E-state index in [9.17, 15) is 4.79 Å². The van der Waals surface area contributed by atoms with Crippen LogP contribution in [0, 0.1) is 6.92 Å². The summed E-state index contributed by atoms with van der Waals surface area (Å²) in [4.78, 5) is 15.8. The van der Waals surface area contributed by atoms with E-state index in [1.165, 1.54) is 0 Å². The van der Waals surface area contributed by atoms with E-state index in [1.807, 2.05) is 55.5 Å². The molecule has 0 bridgehead atoms. The van der Waals surface area contributed by atoms with Crippen molar-refractivity contribution in [1.82, 2.24) is 14.8 Å². The van der Waals surface area contributed by atoms with Gasteiger partial charge in [-0.15, -0.1) is 0 Å². The summed E-state index contributed by atoms with van der Waals surface area (Å²) in [5.41, 5.74) is 9.92. The lowest BCUT2D eigenvalue weighted by atomic mass is 10.1. The van der Waals surface area contributed by atoms with Crippen molar-refractivity contribution in [1.29, 1.82) is 0 Å². The van der Waals surface area contributed by atoms with Gasteiger partial charge in [-0.2, -0.15) is 5.10 Å². The molecule has 0 saturated heterocycles. The summed E-state index contributed by atoms with van der Waals surface area (Å²) in [6, 6.07) is 19.2. The Morgan fingerprint density at radius 3 is 2.47 bits per heavy atom. The molecule has 34 heavy (non-hydrogen) atoms. The van der Waals surface area contributed by atoms with Crippen LogP contribution in [-0.4, -0.2) is 29.0 Å². The van der Waals surface area contributed by atoms with Gasteiger partial charge in [-0.25, -0.2) is 4.68 Å². The van der Waals surface area contributed by atoms with E-state index < -0.39 is 0 Å². The number of H-pyrrole nitrogens is 1. The summed E-state index contributed by atoms with van der Waals surface area (Å²) in [5, 5.41) is 5.76. The zero-order chi connectivity index (χ0) is 23.8. The third kappa shape index (κ3) is 3.59. The second-order valence-corrected chi connectivity index (χ2v) is 7.95. The normalized spacial score (nSPS) is 11.1. The first-order valence-electron chi connectivity index (χ1n) is 10.7. The number of aromatic amines is 1. The number of nitrogens with one attached hydrogen (secondary N) is 1. The number of aromatic nitrogens is 3. The number of nitrogens with zero attached hydrogens (tertiary/aromatic N) is 2. The van der Waals surface area contributed by atoms with E-state index in [0.29, 0.717) is 45.7 Å². The lowest BCUT2D eigenvalue weighted by Crippen LogP contribution is -2.09. The molecule has 8 heteroatoms. The average Bonchev–Trinajstić information content (AvgIpc) is 3.21. The van der Waals surface area contributed by atoms with E-state index in [-0.39, 0.29) is 11.4 Å². The average molecular weight is 457 g/mol. The molecule has 3 N–H and O–H groups in total. The van der Waals surface area contributed by atoms with Gasteiger partial charge in [0.15, 0.2) is 11.5 Å². The van der Waals surface area contributed by atoms with Gasteiger partial charge in [0.05, 0.1) is 25.4 Å². The van der Waals surface area contributed by atoms with E-state index in [1.54, 1.807) is 31.0 Å². The molecule has 0 unspecified atom stereocenters. The molecule has 8 nitrogen and oxygen atoms in total. The summed E-state index contributed by atoms with van der Waals surface area (Å²) in [7, 11) is 3.10. The van der Waals surface area contributed by atoms with Gasteiger partial charge >= 0.3 is 0 Å². The number of benzene rings is 3. The van der Waals surface area contributed by atoms with Crippen LogP contribution in [0.2, 0.25) is 0 Å². The predicted octanol–water partition coefficient (Wildman–Crippen LogP) is 4.35. The summed E-state index contributed by atoms with van der Waals surface area (Å²) in [5.74, 6) is 1.96. The predicted molar refractivity (Wildman–Crippen MR) is 132 cm³/mol. The monoisotopic (exact) mass is 456 g/mol. The first-order valence-corrected chi connectivity index (χ1v) is 10.7. The van der Waals surface area contributed by atoms with Crippen LogP contribution < -0.4 is 25.5 Å². The number of nitrogen functional groups attached to an aromatic ring is 1. The molecule has 0 aliphatic rings. The van der Waals surface area contributed by atoms with Crippen LogP contribution in [-0.2, 0) is 6.61 Å². The molecule has 0 saturated carbocycles. The van der Waals surface area contributed by atoms with E-state index >= 15 is 0 Å². The molecular weight excluding hydrogens is 432 g/mol. The third-order valence-corrected chi connectivity index (χ3v) is 5.83. The molecule has 0 spiro atoms.